The molecule has 0 radical (unpaired) electrons. The molecule has 1 unspecified atom stereocenters. The molecule has 0 bridgehead atoms. The van der Waals surface area contributed by atoms with Crippen LogP contribution < -0.4 is 4.74 Å². The second kappa shape index (κ2) is 7.64. The third-order valence-electron chi connectivity index (χ3n) is 3.52. The average Bonchev–Trinajstić information content (AvgIpc) is 2.58. The van der Waals surface area contributed by atoms with Gasteiger partial charge in [0, 0.05) is 0 Å². The third-order valence-corrected chi connectivity index (χ3v) is 4.47. The fraction of sp³-hybridized carbons (Fsp3) is 0.316. The number of carbonyl (C=O) groups is 1. The minimum Gasteiger partial charge on any atom is -0.497 e. The average molecular weight is 344 g/mol. The van der Waals surface area contributed by atoms with Gasteiger partial charge in [0.1, 0.15) is 5.75 Å². The van der Waals surface area contributed by atoms with Gasteiger partial charge in [0.25, 0.3) is 0 Å². The van der Waals surface area contributed by atoms with E-state index in [9.17, 15) is 4.79 Å². The SMILES string of the molecule is COC(=O)c1ccc(C(O[Si](C)(C)C)c2ccc(OC)cc2)cc1. The predicted molar refractivity (Wildman–Crippen MR) is 97.0 cm³/mol. The topological polar surface area (TPSA) is 44.8 Å². The maximum absolute atomic E-state index is 11.6. The van der Waals surface area contributed by atoms with Crippen molar-refractivity contribution in [2.45, 2.75) is 25.7 Å². The number of hydrogen-bond acceptors (Lipinski definition) is 4. The Kier molecular flexibility index (Phi) is 5.80. The molecule has 1 atom stereocenters. The Bertz CT molecular complexity index is 672. The van der Waals surface area contributed by atoms with Crippen LogP contribution in [-0.2, 0) is 9.16 Å². The van der Waals surface area contributed by atoms with Crippen LogP contribution in [0, 0.1) is 0 Å². The lowest BCUT2D eigenvalue weighted by molar-refractivity contribution is 0.0600. The third kappa shape index (κ3) is 4.69. The van der Waals surface area contributed by atoms with E-state index >= 15 is 0 Å². The van der Waals surface area contributed by atoms with E-state index in [-0.39, 0.29) is 12.1 Å². The van der Waals surface area contributed by atoms with E-state index < -0.39 is 8.32 Å². The number of benzene rings is 2. The Morgan fingerprint density at radius 1 is 0.875 bits per heavy atom. The molecular weight excluding hydrogens is 320 g/mol. The van der Waals surface area contributed by atoms with Crippen molar-refractivity contribution < 1.29 is 18.7 Å². The first-order valence-electron chi connectivity index (χ1n) is 7.84. The Hall–Kier alpha value is -2.11. The van der Waals surface area contributed by atoms with Gasteiger partial charge in [-0.15, -0.1) is 0 Å². The summed E-state index contributed by atoms with van der Waals surface area (Å²) in [5.74, 6) is 0.472. The smallest absolute Gasteiger partial charge is 0.337 e. The summed E-state index contributed by atoms with van der Waals surface area (Å²) in [6, 6.07) is 15.3. The van der Waals surface area contributed by atoms with E-state index in [4.69, 9.17) is 13.9 Å². The van der Waals surface area contributed by atoms with Crippen molar-refractivity contribution >= 4 is 14.3 Å². The van der Waals surface area contributed by atoms with Gasteiger partial charge in [-0.3, -0.25) is 0 Å². The lowest BCUT2D eigenvalue weighted by Crippen LogP contribution is -2.28. The Balaban J connectivity index is 2.36. The van der Waals surface area contributed by atoms with E-state index in [1.165, 1.54) is 7.11 Å². The summed E-state index contributed by atoms with van der Waals surface area (Å²) in [5.41, 5.74) is 2.60. The normalized spacial score (nSPS) is 12.5. The molecule has 24 heavy (non-hydrogen) atoms. The summed E-state index contributed by atoms with van der Waals surface area (Å²) in [6.07, 6.45) is -0.172. The molecule has 2 aromatic rings. The molecule has 0 N–H and O–H groups in total. The second-order valence-electron chi connectivity index (χ2n) is 6.50. The van der Waals surface area contributed by atoms with Gasteiger partial charge < -0.3 is 13.9 Å². The maximum atomic E-state index is 11.6. The summed E-state index contributed by atoms with van der Waals surface area (Å²) >= 11 is 0. The van der Waals surface area contributed by atoms with Crippen LogP contribution in [0.25, 0.3) is 0 Å². The maximum Gasteiger partial charge on any atom is 0.337 e. The Labute approximate surface area is 144 Å². The van der Waals surface area contributed by atoms with Crippen molar-refractivity contribution in [2.24, 2.45) is 0 Å². The first-order valence-corrected chi connectivity index (χ1v) is 11.2. The van der Waals surface area contributed by atoms with E-state index in [0.29, 0.717) is 5.56 Å². The molecule has 0 saturated carbocycles. The minimum atomic E-state index is -1.77. The molecule has 0 aliphatic heterocycles. The van der Waals surface area contributed by atoms with Crippen LogP contribution in [0.15, 0.2) is 48.5 Å². The number of hydrogen-bond donors (Lipinski definition) is 0. The quantitative estimate of drug-likeness (QED) is 0.575. The van der Waals surface area contributed by atoms with Gasteiger partial charge in [0.05, 0.1) is 25.9 Å². The molecule has 0 aromatic heterocycles. The largest absolute Gasteiger partial charge is 0.497 e. The minimum absolute atomic E-state index is 0.172. The molecule has 0 amide bonds. The van der Waals surface area contributed by atoms with Gasteiger partial charge in [-0.2, -0.15) is 0 Å². The molecule has 0 saturated heterocycles. The highest BCUT2D eigenvalue weighted by Crippen LogP contribution is 2.30. The van der Waals surface area contributed by atoms with E-state index in [0.717, 1.165) is 16.9 Å². The number of esters is 1. The van der Waals surface area contributed by atoms with Gasteiger partial charge in [0.2, 0.25) is 0 Å². The molecule has 128 valence electrons. The number of rotatable bonds is 6. The highest BCUT2D eigenvalue weighted by molar-refractivity contribution is 6.69. The van der Waals surface area contributed by atoms with Gasteiger partial charge in [-0.1, -0.05) is 24.3 Å². The lowest BCUT2D eigenvalue weighted by atomic mass is 10.0. The monoisotopic (exact) mass is 344 g/mol. The highest BCUT2D eigenvalue weighted by atomic mass is 28.4. The summed E-state index contributed by atoms with van der Waals surface area (Å²) in [6.45, 7) is 6.48. The van der Waals surface area contributed by atoms with Crippen LogP contribution >= 0.6 is 0 Å². The first kappa shape index (κ1) is 18.2. The Morgan fingerprint density at radius 3 is 1.79 bits per heavy atom. The zero-order valence-corrected chi connectivity index (χ0v) is 15.8. The van der Waals surface area contributed by atoms with Gasteiger partial charge in [-0.05, 0) is 55.0 Å². The molecule has 4 nitrogen and oxygen atoms in total. The summed E-state index contributed by atoms with van der Waals surface area (Å²) in [5, 5.41) is 0. The van der Waals surface area contributed by atoms with Crippen LogP contribution in [0.1, 0.15) is 27.6 Å². The second-order valence-corrected chi connectivity index (χ2v) is 11.0. The Morgan fingerprint density at radius 2 is 1.38 bits per heavy atom. The van der Waals surface area contributed by atoms with Crippen molar-refractivity contribution in [3.8, 4) is 5.75 Å². The zero-order valence-electron chi connectivity index (χ0n) is 14.8. The molecular formula is C19H24O4Si. The molecule has 2 aromatic carbocycles. The number of methoxy groups -OCH3 is 2. The molecule has 0 aliphatic carbocycles. The molecule has 0 heterocycles. The molecule has 5 heteroatoms. The molecule has 0 aliphatic rings. The highest BCUT2D eigenvalue weighted by Gasteiger charge is 2.24. The van der Waals surface area contributed by atoms with Crippen molar-refractivity contribution in [3.05, 3.63) is 65.2 Å². The zero-order chi connectivity index (χ0) is 17.7. The molecule has 0 fully saturated rings. The van der Waals surface area contributed by atoms with Crippen molar-refractivity contribution in [2.75, 3.05) is 14.2 Å². The summed E-state index contributed by atoms with van der Waals surface area (Å²) in [4.78, 5) is 11.6. The lowest BCUT2D eigenvalue weighted by Gasteiger charge is -2.27. The van der Waals surface area contributed by atoms with E-state index in [1.54, 1.807) is 19.2 Å². The summed E-state index contributed by atoms with van der Waals surface area (Å²) < 4.78 is 16.4. The standard InChI is InChI=1S/C19H24O4Si/c1-21-17-12-10-15(11-13-17)18(23-24(3,4)5)14-6-8-16(9-7-14)19(20)22-2/h6-13,18H,1-5H3. The van der Waals surface area contributed by atoms with Gasteiger partial charge in [-0.25, -0.2) is 4.79 Å². The van der Waals surface area contributed by atoms with Crippen molar-refractivity contribution in [3.63, 3.8) is 0 Å². The van der Waals surface area contributed by atoms with Crippen molar-refractivity contribution in [1.29, 1.82) is 0 Å². The first-order chi connectivity index (χ1) is 11.3. The fourth-order valence-electron chi connectivity index (χ4n) is 2.37. The summed E-state index contributed by atoms with van der Waals surface area (Å²) in [7, 11) is 1.26. The molecule has 0 spiro atoms. The van der Waals surface area contributed by atoms with Gasteiger partial charge >= 0.3 is 5.97 Å². The number of ether oxygens (including phenoxy) is 2. The molecule has 2 rings (SSSR count). The van der Waals surface area contributed by atoms with E-state index in [1.807, 2.05) is 36.4 Å². The van der Waals surface area contributed by atoms with Crippen LogP contribution in [-0.4, -0.2) is 28.5 Å². The van der Waals surface area contributed by atoms with E-state index in [2.05, 4.69) is 19.6 Å². The van der Waals surface area contributed by atoms with Gasteiger partial charge in [0.15, 0.2) is 8.32 Å². The predicted octanol–water partition coefficient (Wildman–Crippen LogP) is 4.42. The number of carbonyl (C=O) groups excluding carboxylic acids is 1. The van der Waals surface area contributed by atoms with Crippen molar-refractivity contribution in [1.82, 2.24) is 0 Å². The van der Waals surface area contributed by atoms with Crippen LogP contribution in [0.4, 0.5) is 0 Å². The van der Waals surface area contributed by atoms with Crippen LogP contribution in [0.3, 0.4) is 0 Å². The van der Waals surface area contributed by atoms with Crippen LogP contribution in [0.2, 0.25) is 19.6 Å². The van der Waals surface area contributed by atoms with Crippen LogP contribution in [0.5, 0.6) is 5.75 Å². The fourth-order valence-corrected chi connectivity index (χ4v) is 3.35.